The third kappa shape index (κ3) is 9.09. The predicted molar refractivity (Wildman–Crippen MR) is 122 cm³/mol. The highest BCUT2D eigenvalue weighted by molar-refractivity contribution is 14.0. The maximum atomic E-state index is 10.8. The van der Waals surface area contributed by atoms with Gasteiger partial charge in [-0.05, 0) is 41.5 Å². The number of nitrogens with zero attached hydrogens (tertiary/aromatic N) is 1. The van der Waals surface area contributed by atoms with Gasteiger partial charge in [0.15, 0.2) is 12.6 Å². The number of guanidine groups is 1. The van der Waals surface area contributed by atoms with Crippen molar-refractivity contribution in [2.24, 2.45) is 16.6 Å². The quantitative estimate of drug-likeness (QED) is 0.280. The second-order valence-corrected chi connectivity index (χ2v) is 7.13. The molecule has 0 bridgehead atoms. The summed E-state index contributed by atoms with van der Waals surface area (Å²) in [6.45, 7) is 3.55. The summed E-state index contributed by atoms with van der Waals surface area (Å²) in [6, 6.07) is 11.8. The minimum Gasteiger partial charge on any atom is -0.484 e. The largest absolute Gasteiger partial charge is 0.484 e. The van der Waals surface area contributed by atoms with E-state index in [0.29, 0.717) is 18.2 Å². The van der Waals surface area contributed by atoms with Gasteiger partial charge in [-0.2, -0.15) is 0 Å². The third-order valence-corrected chi connectivity index (χ3v) is 4.61. The summed E-state index contributed by atoms with van der Waals surface area (Å²) in [7, 11) is 1.76. The molecule has 0 aliphatic rings. The third-order valence-electron chi connectivity index (χ3n) is 3.71. The minimum atomic E-state index is -0.491. The predicted octanol–water partition coefficient (Wildman–Crippen LogP) is 2.77. The van der Waals surface area contributed by atoms with E-state index in [2.05, 4.69) is 40.1 Å². The van der Waals surface area contributed by atoms with Gasteiger partial charge >= 0.3 is 0 Å². The molecule has 4 N–H and O–H groups in total. The molecule has 1 unspecified atom stereocenters. The Hall–Kier alpha value is -1.81. The highest BCUT2D eigenvalue weighted by atomic mass is 127. The highest BCUT2D eigenvalue weighted by Crippen LogP contribution is 2.14. The Morgan fingerprint density at radius 2 is 2.11 bits per heavy atom. The Bertz CT molecular complexity index is 722. The van der Waals surface area contributed by atoms with Crippen LogP contribution in [0.5, 0.6) is 5.75 Å². The number of benzene rings is 1. The van der Waals surface area contributed by atoms with Crippen LogP contribution < -0.4 is 21.1 Å². The lowest BCUT2D eigenvalue weighted by molar-refractivity contribution is -0.119. The molecule has 0 radical (unpaired) electrons. The summed E-state index contributed by atoms with van der Waals surface area (Å²) in [4.78, 5) is 16.5. The number of ether oxygens (including phenoxy) is 1. The average Bonchev–Trinajstić information content (AvgIpc) is 3.13. The monoisotopic (exact) mass is 502 g/mol. The fourth-order valence-electron chi connectivity index (χ4n) is 2.42. The molecule has 1 aromatic heterocycles. The molecule has 1 amide bonds. The Morgan fingerprint density at radius 1 is 1.30 bits per heavy atom. The van der Waals surface area contributed by atoms with Crippen LogP contribution in [0.15, 0.2) is 46.8 Å². The van der Waals surface area contributed by atoms with E-state index in [0.717, 1.165) is 24.5 Å². The molecule has 0 saturated carbocycles. The second-order valence-electron chi connectivity index (χ2n) is 6.10. The first-order valence-corrected chi connectivity index (χ1v) is 9.41. The molecule has 0 fully saturated rings. The molecule has 148 valence electrons. The Balaban J connectivity index is 0.00000364. The number of carbonyl (C=O) groups is 1. The van der Waals surface area contributed by atoms with Crippen molar-refractivity contribution >= 4 is 47.2 Å². The van der Waals surface area contributed by atoms with Crippen LogP contribution in [0.25, 0.3) is 0 Å². The van der Waals surface area contributed by atoms with Crippen molar-refractivity contribution in [1.82, 2.24) is 10.6 Å². The summed E-state index contributed by atoms with van der Waals surface area (Å²) in [5.41, 5.74) is 6.12. The van der Waals surface area contributed by atoms with E-state index in [9.17, 15) is 4.79 Å². The number of primary amides is 1. The molecule has 1 heterocycles. The van der Waals surface area contributed by atoms with Crippen LogP contribution in [0.3, 0.4) is 0 Å². The van der Waals surface area contributed by atoms with Gasteiger partial charge in [0.2, 0.25) is 0 Å². The van der Waals surface area contributed by atoms with Crippen molar-refractivity contribution in [3.63, 3.8) is 0 Å². The van der Waals surface area contributed by atoms with Crippen molar-refractivity contribution in [1.29, 1.82) is 0 Å². The fourth-order valence-corrected chi connectivity index (χ4v) is 3.29. The van der Waals surface area contributed by atoms with Crippen molar-refractivity contribution in [2.45, 2.75) is 19.9 Å². The SMILES string of the molecule is CN=C(NCc1cccc(OCC(N)=O)c1)NCC(C)Cc1cccs1.I. The molecule has 0 aliphatic carbocycles. The van der Waals surface area contributed by atoms with E-state index in [-0.39, 0.29) is 30.6 Å². The smallest absolute Gasteiger partial charge is 0.255 e. The van der Waals surface area contributed by atoms with Gasteiger partial charge in [-0.25, -0.2) is 0 Å². The molecule has 2 aromatic rings. The van der Waals surface area contributed by atoms with E-state index in [4.69, 9.17) is 10.5 Å². The van der Waals surface area contributed by atoms with Crippen LogP contribution in [0.4, 0.5) is 0 Å². The zero-order valence-corrected chi connectivity index (χ0v) is 18.8. The molecule has 2 rings (SSSR count). The minimum absolute atomic E-state index is 0. The van der Waals surface area contributed by atoms with Gasteiger partial charge in [0.1, 0.15) is 5.75 Å². The molecule has 1 atom stereocenters. The molecule has 27 heavy (non-hydrogen) atoms. The first-order valence-electron chi connectivity index (χ1n) is 8.53. The van der Waals surface area contributed by atoms with Gasteiger partial charge in [0, 0.05) is 25.0 Å². The first-order chi connectivity index (χ1) is 12.6. The summed E-state index contributed by atoms with van der Waals surface area (Å²) in [5, 5.41) is 8.75. The number of nitrogens with two attached hydrogens (primary N) is 1. The normalized spacial score (nSPS) is 12.0. The van der Waals surface area contributed by atoms with E-state index in [1.54, 1.807) is 24.5 Å². The Labute approximate surface area is 181 Å². The first kappa shape index (κ1) is 23.2. The number of aliphatic imine (C=N–C) groups is 1. The van der Waals surface area contributed by atoms with Crippen LogP contribution >= 0.6 is 35.3 Å². The molecule has 1 aromatic carbocycles. The van der Waals surface area contributed by atoms with Crippen molar-refractivity contribution in [2.75, 3.05) is 20.2 Å². The number of rotatable bonds is 9. The number of hydrogen-bond donors (Lipinski definition) is 3. The molecule has 0 saturated heterocycles. The van der Waals surface area contributed by atoms with Gasteiger partial charge in [-0.3, -0.25) is 9.79 Å². The Morgan fingerprint density at radius 3 is 2.78 bits per heavy atom. The molecule has 0 aliphatic heterocycles. The van der Waals surface area contributed by atoms with E-state index >= 15 is 0 Å². The van der Waals surface area contributed by atoms with Crippen LogP contribution in [0.1, 0.15) is 17.4 Å². The van der Waals surface area contributed by atoms with Gasteiger partial charge in [0.05, 0.1) is 0 Å². The van der Waals surface area contributed by atoms with Crippen molar-refractivity contribution < 1.29 is 9.53 Å². The number of nitrogens with one attached hydrogen (secondary N) is 2. The zero-order chi connectivity index (χ0) is 18.8. The van der Waals surface area contributed by atoms with Crippen LogP contribution in [-0.4, -0.2) is 32.1 Å². The summed E-state index contributed by atoms with van der Waals surface area (Å²) >= 11 is 1.79. The topological polar surface area (TPSA) is 88.7 Å². The summed E-state index contributed by atoms with van der Waals surface area (Å²) in [6.07, 6.45) is 1.06. The van der Waals surface area contributed by atoms with Gasteiger partial charge in [-0.1, -0.05) is 25.1 Å². The lowest BCUT2D eigenvalue weighted by atomic mass is 10.1. The maximum Gasteiger partial charge on any atom is 0.255 e. The zero-order valence-electron chi connectivity index (χ0n) is 15.6. The summed E-state index contributed by atoms with van der Waals surface area (Å²) < 4.78 is 5.32. The fraction of sp³-hybridized carbons (Fsp3) is 0.368. The number of thiophene rings is 1. The van der Waals surface area contributed by atoms with E-state index in [1.165, 1.54) is 4.88 Å². The van der Waals surface area contributed by atoms with E-state index in [1.807, 2.05) is 18.2 Å². The highest BCUT2D eigenvalue weighted by Gasteiger charge is 2.06. The Kier molecular flexibility index (Phi) is 10.8. The molecular formula is C19H27IN4O2S. The number of carbonyl (C=O) groups excluding carboxylic acids is 1. The molecular weight excluding hydrogens is 475 g/mol. The standard InChI is InChI=1S/C19H26N4O2S.HI/c1-14(9-17-7-4-8-26-17)11-22-19(21-2)23-12-15-5-3-6-16(10-15)25-13-18(20)24;/h3-8,10,14H,9,11-13H2,1-2H3,(H2,20,24)(H2,21,22,23);1H. The molecule has 0 spiro atoms. The lowest BCUT2D eigenvalue weighted by Gasteiger charge is -2.16. The van der Waals surface area contributed by atoms with Crippen molar-refractivity contribution in [3.8, 4) is 5.75 Å². The maximum absolute atomic E-state index is 10.8. The van der Waals surface area contributed by atoms with Crippen LogP contribution in [0, 0.1) is 5.92 Å². The number of amides is 1. The molecule has 8 heteroatoms. The number of hydrogen-bond acceptors (Lipinski definition) is 4. The molecule has 6 nitrogen and oxygen atoms in total. The average molecular weight is 502 g/mol. The van der Waals surface area contributed by atoms with Crippen LogP contribution in [-0.2, 0) is 17.8 Å². The van der Waals surface area contributed by atoms with E-state index < -0.39 is 5.91 Å². The lowest BCUT2D eigenvalue weighted by Crippen LogP contribution is -2.39. The second kappa shape index (κ2) is 12.6. The van der Waals surface area contributed by atoms with Gasteiger partial charge in [-0.15, -0.1) is 35.3 Å². The van der Waals surface area contributed by atoms with Crippen LogP contribution in [0.2, 0.25) is 0 Å². The van der Waals surface area contributed by atoms with Crippen molar-refractivity contribution in [3.05, 3.63) is 52.2 Å². The van der Waals surface area contributed by atoms with Gasteiger partial charge < -0.3 is 21.1 Å². The van der Waals surface area contributed by atoms with Gasteiger partial charge in [0.25, 0.3) is 5.91 Å². The number of halogens is 1. The summed E-state index contributed by atoms with van der Waals surface area (Å²) in [5.74, 6) is 1.40.